The van der Waals surface area contributed by atoms with E-state index in [1.54, 1.807) is 0 Å². The molecular weight excluding hydrogens is 169 g/mol. The zero-order valence-electron chi connectivity index (χ0n) is 5.95. The Morgan fingerprint density at radius 2 is 2.20 bits per heavy atom. The van der Waals surface area contributed by atoms with Crippen LogP contribution in [0.2, 0.25) is 0 Å². The van der Waals surface area contributed by atoms with Crippen molar-refractivity contribution in [1.29, 1.82) is 0 Å². The van der Waals surface area contributed by atoms with Crippen LogP contribution in [0.15, 0.2) is 0 Å². The van der Waals surface area contributed by atoms with Crippen LogP contribution in [-0.2, 0) is 0 Å². The monoisotopic (exact) mass is 179 g/mol. The van der Waals surface area contributed by atoms with Gasteiger partial charge in [0.25, 0.3) is 0 Å². The molecule has 2 fully saturated rings. The van der Waals surface area contributed by atoms with Crippen molar-refractivity contribution < 1.29 is 0 Å². The maximum atomic E-state index is 6.08. The predicted molar refractivity (Wildman–Crippen MR) is 43.5 cm³/mol. The topological polar surface area (TPSA) is 12.0 Å². The molecule has 0 amide bonds. The van der Waals surface area contributed by atoms with Crippen LogP contribution in [-0.4, -0.2) is 17.4 Å². The summed E-state index contributed by atoms with van der Waals surface area (Å²) >= 11 is 12.2. The molecule has 1 nitrogen and oxygen atoms in total. The van der Waals surface area contributed by atoms with Crippen molar-refractivity contribution in [3.63, 3.8) is 0 Å². The van der Waals surface area contributed by atoms with E-state index in [0.717, 1.165) is 19.5 Å². The molecule has 2 atom stereocenters. The Morgan fingerprint density at radius 1 is 1.50 bits per heavy atom. The largest absolute Gasteiger partial charge is 0.316 e. The second kappa shape index (κ2) is 1.82. The van der Waals surface area contributed by atoms with Gasteiger partial charge in [-0.3, -0.25) is 0 Å². The molecule has 1 N–H and O–H groups in total. The van der Waals surface area contributed by atoms with Gasteiger partial charge in [0.2, 0.25) is 0 Å². The van der Waals surface area contributed by atoms with Gasteiger partial charge in [0.05, 0.1) is 0 Å². The standard InChI is InChI=1S/C7H11Cl2N/c1-6-2-3-10-4-5(6)7(6,8)9/h5,10H,2-4H2,1H3/t5-,6-/m1/s1. The van der Waals surface area contributed by atoms with Crippen LogP contribution in [0.25, 0.3) is 0 Å². The molecule has 2 aliphatic rings. The molecule has 0 unspecified atom stereocenters. The summed E-state index contributed by atoms with van der Waals surface area (Å²) < 4.78 is -0.434. The molecule has 58 valence electrons. The lowest BCUT2D eigenvalue weighted by Crippen LogP contribution is -2.27. The van der Waals surface area contributed by atoms with Gasteiger partial charge in [-0.25, -0.2) is 0 Å². The average molecular weight is 180 g/mol. The first-order chi connectivity index (χ1) is 4.59. The smallest absolute Gasteiger partial charge is 0.128 e. The van der Waals surface area contributed by atoms with Crippen molar-refractivity contribution in [2.75, 3.05) is 13.1 Å². The third-order valence-corrected chi connectivity index (χ3v) is 4.44. The van der Waals surface area contributed by atoms with Crippen LogP contribution in [0.3, 0.4) is 0 Å². The van der Waals surface area contributed by atoms with Gasteiger partial charge in [-0.05, 0) is 13.0 Å². The van der Waals surface area contributed by atoms with E-state index in [4.69, 9.17) is 23.2 Å². The molecule has 1 saturated heterocycles. The fourth-order valence-electron chi connectivity index (χ4n) is 1.96. The van der Waals surface area contributed by atoms with Gasteiger partial charge in [-0.1, -0.05) is 6.92 Å². The zero-order valence-corrected chi connectivity index (χ0v) is 7.47. The van der Waals surface area contributed by atoms with Crippen LogP contribution in [0.4, 0.5) is 0 Å². The molecule has 2 rings (SSSR count). The molecule has 1 saturated carbocycles. The first-order valence-electron chi connectivity index (χ1n) is 3.67. The van der Waals surface area contributed by atoms with Crippen molar-refractivity contribution in [2.24, 2.45) is 11.3 Å². The van der Waals surface area contributed by atoms with Crippen molar-refractivity contribution in [3.8, 4) is 0 Å². The maximum absolute atomic E-state index is 6.08. The fraction of sp³-hybridized carbons (Fsp3) is 1.00. The molecule has 0 spiro atoms. The van der Waals surface area contributed by atoms with Crippen molar-refractivity contribution in [2.45, 2.75) is 17.7 Å². The highest BCUT2D eigenvalue weighted by atomic mass is 35.5. The normalized spacial score (nSPS) is 50.1. The predicted octanol–water partition coefficient (Wildman–Crippen LogP) is 1.79. The molecular formula is C7H11Cl2N. The number of halogens is 2. The minimum Gasteiger partial charge on any atom is -0.316 e. The van der Waals surface area contributed by atoms with E-state index in [2.05, 4.69) is 12.2 Å². The highest BCUT2D eigenvalue weighted by Crippen LogP contribution is 2.71. The van der Waals surface area contributed by atoms with Gasteiger partial charge < -0.3 is 5.32 Å². The summed E-state index contributed by atoms with van der Waals surface area (Å²) in [4.78, 5) is 0. The third kappa shape index (κ3) is 0.640. The molecule has 0 aromatic rings. The molecule has 10 heavy (non-hydrogen) atoms. The van der Waals surface area contributed by atoms with Crippen LogP contribution < -0.4 is 5.32 Å². The van der Waals surface area contributed by atoms with Crippen LogP contribution >= 0.6 is 23.2 Å². The Labute approximate surface area is 71.1 Å². The van der Waals surface area contributed by atoms with Gasteiger partial charge in [-0.15, -0.1) is 23.2 Å². The van der Waals surface area contributed by atoms with Crippen LogP contribution in [0.5, 0.6) is 0 Å². The van der Waals surface area contributed by atoms with Crippen LogP contribution in [0, 0.1) is 11.3 Å². The minimum atomic E-state index is -0.434. The second-order valence-corrected chi connectivity index (χ2v) is 4.93. The lowest BCUT2D eigenvalue weighted by atomic mass is 9.99. The van der Waals surface area contributed by atoms with Gasteiger partial charge in [0, 0.05) is 17.9 Å². The molecule has 0 radical (unpaired) electrons. The van der Waals surface area contributed by atoms with E-state index in [0.29, 0.717) is 5.92 Å². The number of rotatable bonds is 0. The second-order valence-electron chi connectivity index (χ2n) is 3.55. The summed E-state index contributed by atoms with van der Waals surface area (Å²) in [7, 11) is 0. The van der Waals surface area contributed by atoms with Gasteiger partial charge in [0.1, 0.15) is 4.33 Å². The van der Waals surface area contributed by atoms with E-state index < -0.39 is 4.33 Å². The number of piperidine rings is 1. The molecule has 1 aliphatic heterocycles. The Morgan fingerprint density at radius 3 is 2.60 bits per heavy atom. The molecule has 0 aromatic heterocycles. The molecule has 0 bridgehead atoms. The van der Waals surface area contributed by atoms with Crippen LogP contribution in [0.1, 0.15) is 13.3 Å². The lowest BCUT2D eigenvalue weighted by molar-refractivity contribution is 0.381. The fourth-order valence-corrected chi connectivity index (χ4v) is 2.94. The Hall–Kier alpha value is 0.540. The van der Waals surface area contributed by atoms with Gasteiger partial charge in [-0.2, -0.15) is 0 Å². The Balaban J connectivity index is 2.20. The van der Waals surface area contributed by atoms with Gasteiger partial charge >= 0.3 is 0 Å². The Bertz CT molecular complexity index is 169. The van der Waals surface area contributed by atoms with E-state index in [-0.39, 0.29) is 5.41 Å². The summed E-state index contributed by atoms with van der Waals surface area (Å²) in [6.07, 6.45) is 1.12. The molecule has 1 heterocycles. The van der Waals surface area contributed by atoms with Crippen molar-refractivity contribution in [3.05, 3.63) is 0 Å². The first-order valence-corrected chi connectivity index (χ1v) is 4.43. The molecule has 0 aromatic carbocycles. The van der Waals surface area contributed by atoms with E-state index in [9.17, 15) is 0 Å². The Kier molecular flexibility index (Phi) is 1.31. The summed E-state index contributed by atoms with van der Waals surface area (Å²) in [5.41, 5.74) is 0.210. The molecule has 3 heteroatoms. The number of hydrogen-bond donors (Lipinski definition) is 1. The van der Waals surface area contributed by atoms with E-state index >= 15 is 0 Å². The summed E-state index contributed by atoms with van der Waals surface area (Å²) in [5, 5.41) is 3.29. The SMILES string of the molecule is C[C@@]12CCNC[C@H]1C2(Cl)Cl. The summed E-state index contributed by atoms with van der Waals surface area (Å²) in [5.74, 6) is 0.483. The van der Waals surface area contributed by atoms with Crippen molar-refractivity contribution in [1.82, 2.24) is 5.32 Å². The average Bonchev–Trinajstić information content (AvgIpc) is 2.30. The summed E-state index contributed by atoms with van der Waals surface area (Å²) in [6.45, 7) is 4.23. The number of alkyl halides is 2. The van der Waals surface area contributed by atoms with E-state index in [1.165, 1.54) is 0 Å². The minimum absolute atomic E-state index is 0.210. The number of fused-ring (bicyclic) bond motifs is 1. The number of hydrogen-bond acceptors (Lipinski definition) is 1. The zero-order chi connectivity index (χ0) is 7.41. The lowest BCUT2D eigenvalue weighted by Gasteiger charge is -2.16. The number of nitrogens with one attached hydrogen (secondary N) is 1. The summed E-state index contributed by atoms with van der Waals surface area (Å²) in [6, 6.07) is 0. The first kappa shape index (κ1) is 7.20. The van der Waals surface area contributed by atoms with E-state index in [1.807, 2.05) is 0 Å². The highest BCUT2D eigenvalue weighted by molar-refractivity contribution is 6.51. The van der Waals surface area contributed by atoms with Crippen molar-refractivity contribution >= 4 is 23.2 Å². The highest BCUT2D eigenvalue weighted by Gasteiger charge is 2.72. The molecule has 1 aliphatic carbocycles. The van der Waals surface area contributed by atoms with Gasteiger partial charge in [0.15, 0.2) is 0 Å². The quantitative estimate of drug-likeness (QED) is 0.560. The maximum Gasteiger partial charge on any atom is 0.128 e. The third-order valence-electron chi connectivity index (χ3n) is 3.05.